The summed E-state index contributed by atoms with van der Waals surface area (Å²) in [7, 11) is 0. The van der Waals surface area contributed by atoms with E-state index < -0.39 is 0 Å². The average Bonchev–Trinajstić information content (AvgIpc) is 3.58. The molecule has 6 aliphatic rings. The molecule has 0 amide bonds. The molecule has 1 heterocycles. The number of hydrogen-bond donors (Lipinski definition) is 0. The molecule has 2 nitrogen and oxygen atoms in total. The first-order valence-corrected chi connectivity index (χ1v) is 15.0. The minimum absolute atomic E-state index is 0.150. The molecule has 0 aromatic rings. The predicted molar refractivity (Wildman–Crippen MR) is 145 cm³/mol. The highest BCUT2D eigenvalue weighted by atomic mass is 16.1. The lowest BCUT2D eigenvalue weighted by molar-refractivity contribution is -0.231. The van der Waals surface area contributed by atoms with Crippen LogP contribution >= 0.6 is 0 Å². The first-order valence-electron chi connectivity index (χ1n) is 15.0. The largest absolute Gasteiger partial charge is 0.299 e. The third kappa shape index (κ3) is 2.90. The fourth-order valence-corrected chi connectivity index (χ4v) is 12.1. The lowest BCUT2D eigenvalue weighted by Crippen LogP contribution is -2.67. The second kappa shape index (κ2) is 7.36. The molecule has 1 saturated heterocycles. The van der Waals surface area contributed by atoms with Gasteiger partial charge in [-0.25, -0.2) is 0 Å². The van der Waals surface area contributed by atoms with E-state index in [4.69, 9.17) is 0 Å². The van der Waals surface area contributed by atoms with E-state index >= 15 is 0 Å². The summed E-state index contributed by atoms with van der Waals surface area (Å²) >= 11 is 0. The minimum atomic E-state index is -0.150. The molecular weight excluding hydrogens is 426 g/mol. The maximum atomic E-state index is 13.0. The van der Waals surface area contributed by atoms with Gasteiger partial charge in [0.1, 0.15) is 5.78 Å². The van der Waals surface area contributed by atoms with Crippen molar-refractivity contribution in [1.29, 1.82) is 0 Å². The van der Waals surface area contributed by atoms with Gasteiger partial charge in [-0.2, -0.15) is 0 Å². The first-order chi connectivity index (χ1) is 16.3. The second-order valence-corrected chi connectivity index (χ2v) is 15.4. The number of hydrogen-bond acceptors (Lipinski definition) is 2. The molecular formula is C33H51NO. The van der Waals surface area contributed by atoms with E-state index in [0.717, 1.165) is 30.6 Å². The minimum Gasteiger partial charge on any atom is -0.299 e. The zero-order valence-corrected chi connectivity index (χ0v) is 23.6. The van der Waals surface area contributed by atoms with Crippen molar-refractivity contribution in [3.05, 3.63) is 24.3 Å². The molecule has 9 atom stereocenters. The van der Waals surface area contributed by atoms with Crippen molar-refractivity contribution in [2.45, 2.75) is 111 Å². The predicted octanol–water partition coefficient (Wildman–Crippen LogP) is 7.84. The van der Waals surface area contributed by atoms with Gasteiger partial charge < -0.3 is 0 Å². The summed E-state index contributed by atoms with van der Waals surface area (Å²) in [6.45, 7) is 26.4. The van der Waals surface area contributed by atoms with Gasteiger partial charge in [-0.1, -0.05) is 53.3 Å². The van der Waals surface area contributed by atoms with Gasteiger partial charge in [-0.15, -0.1) is 0 Å². The summed E-state index contributed by atoms with van der Waals surface area (Å²) in [5.41, 5.74) is 3.92. The number of ketones is 1. The van der Waals surface area contributed by atoms with Crippen LogP contribution in [0.5, 0.6) is 0 Å². The highest BCUT2D eigenvalue weighted by Gasteiger charge is 2.72. The van der Waals surface area contributed by atoms with Crippen LogP contribution in [0.2, 0.25) is 0 Å². The van der Waals surface area contributed by atoms with Crippen molar-refractivity contribution in [3.63, 3.8) is 0 Å². The molecule has 0 N–H and O–H groups in total. The molecule has 6 rings (SSSR count). The molecule has 0 bridgehead atoms. The van der Waals surface area contributed by atoms with Crippen LogP contribution in [-0.4, -0.2) is 29.3 Å². The Morgan fingerprint density at radius 3 is 2.20 bits per heavy atom. The van der Waals surface area contributed by atoms with E-state index in [1.54, 1.807) is 0 Å². The Morgan fingerprint density at radius 2 is 1.54 bits per heavy atom. The van der Waals surface area contributed by atoms with Crippen LogP contribution in [-0.2, 0) is 4.79 Å². The van der Waals surface area contributed by atoms with Crippen molar-refractivity contribution in [1.82, 2.24) is 4.90 Å². The van der Waals surface area contributed by atoms with Gasteiger partial charge in [-0.05, 0) is 116 Å². The van der Waals surface area contributed by atoms with E-state index in [1.807, 2.05) is 0 Å². The number of Topliss-reactive ketones (excluding diaryl/α,β-unsaturated/α-hetero) is 1. The normalized spacial score (nSPS) is 52.6. The van der Waals surface area contributed by atoms with Crippen molar-refractivity contribution in [3.8, 4) is 0 Å². The van der Waals surface area contributed by atoms with Crippen molar-refractivity contribution >= 4 is 5.78 Å². The topological polar surface area (TPSA) is 20.1 Å². The van der Waals surface area contributed by atoms with Gasteiger partial charge in [0.15, 0.2) is 0 Å². The van der Waals surface area contributed by atoms with Gasteiger partial charge in [0, 0.05) is 30.5 Å². The van der Waals surface area contributed by atoms with Gasteiger partial charge in [0.25, 0.3) is 0 Å². The van der Waals surface area contributed by atoms with Crippen LogP contribution in [0.3, 0.4) is 0 Å². The summed E-state index contributed by atoms with van der Waals surface area (Å²) in [6.07, 6.45) is 12.7. The summed E-state index contributed by atoms with van der Waals surface area (Å²) in [4.78, 5) is 15.9. The molecule has 6 fully saturated rings. The molecule has 5 aliphatic carbocycles. The Kier molecular flexibility index (Phi) is 5.14. The van der Waals surface area contributed by atoms with Crippen molar-refractivity contribution in [2.75, 3.05) is 13.1 Å². The lowest BCUT2D eigenvalue weighted by atomic mass is 9.32. The zero-order chi connectivity index (χ0) is 25.2. The smallest absolute Gasteiger partial charge is 0.138 e. The van der Waals surface area contributed by atoms with Crippen LogP contribution in [0.25, 0.3) is 0 Å². The van der Waals surface area contributed by atoms with Gasteiger partial charge >= 0.3 is 0 Å². The van der Waals surface area contributed by atoms with Crippen molar-refractivity contribution < 1.29 is 4.79 Å². The van der Waals surface area contributed by atoms with Crippen LogP contribution in [0, 0.1) is 51.2 Å². The Balaban J connectivity index is 1.40. The highest BCUT2D eigenvalue weighted by molar-refractivity contribution is 5.85. The highest BCUT2D eigenvalue weighted by Crippen LogP contribution is 2.77. The monoisotopic (exact) mass is 477 g/mol. The summed E-state index contributed by atoms with van der Waals surface area (Å²) < 4.78 is 0. The number of carbonyl (C=O) groups excluding carboxylic acids is 1. The Labute approximate surface area is 215 Å². The zero-order valence-electron chi connectivity index (χ0n) is 23.6. The summed E-state index contributed by atoms with van der Waals surface area (Å²) in [6, 6.07) is 0. The maximum absolute atomic E-state index is 13.0. The molecule has 0 aromatic heterocycles. The Bertz CT molecular complexity index is 974. The average molecular weight is 478 g/mol. The number of allylic oxidation sites excluding steroid dienone is 2. The van der Waals surface area contributed by atoms with E-state index in [0.29, 0.717) is 39.4 Å². The molecule has 1 aliphatic heterocycles. The number of carbonyl (C=O) groups is 1. The third-order valence-electron chi connectivity index (χ3n) is 14.2. The van der Waals surface area contributed by atoms with E-state index in [-0.39, 0.29) is 5.41 Å². The maximum Gasteiger partial charge on any atom is 0.138 e. The van der Waals surface area contributed by atoms with Crippen LogP contribution < -0.4 is 0 Å². The molecule has 5 saturated carbocycles. The van der Waals surface area contributed by atoms with E-state index in [1.165, 1.54) is 75.6 Å². The molecule has 35 heavy (non-hydrogen) atoms. The Morgan fingerprint density at radius 1 is 0.829 bits per heavy atom. The van der Waals surface area contributed by atoms with Gasteiger partial charge in [0.2, 0.25) is 0 Å². The molecule has 0 spiro atoms. The van der Waals surface area contributed by atoms with E-state index in [2.05, 4.69) is 59.6 Å². The first kappa shape index (κ1) is 24.4. The number of rotatable bonds is 3. The fraction of sp³-hybridized carbons (Fsp3) is 0.848. The molecule has 194 valence electrons. The van der Waals surface area contributed by atoms with Gasteiger partial charge in [0.05, 0.1) is 0 Å². The quantitative estimate of drug-likeness (QED) is 0.305. The molecule has 2 heteroatoms. The van der Waals surface area contributed by atoms with Gasteiger partial charge in [-0.3, -0.25) is 9.69 Å². The van der Waals surface area contributed by atoms with Crippen LogP contribution in [0.15, 0.2) is 24.3 Å². The van der Waals surface area contributed by atoms with E-state index in [9.17, 15) is 4.79 Å². The summed E-state index contributed by atoms with van der Waals surface area (Å²) in [5.74, 6) is 3.99. The number of fused-ring (bicyclic) bond motifs is 7. The standard InChI is InChI=1S/C33H51NO/c1-21(2)22(3)23-11-16-33(34-19-20-34)18-17-31(7)24(28(23)33)9-10-26-30(6)14-13-27(35)29(4,5)25(30)12-15-32(26,31)8/h23-26,28H,1,3,9-20H2,2,4-8H3. The fourth-order valence-electron chi connectivity index (χ4n) is 12.1. The third-order valence-corrected chi connectivity index (χ3v) is 14.2. The summed E-state index contributed by atoms with van der Waals surface area (Å²) in [5, 5.41) is 0. The SMILES string of the molecule is C=C(C)C(=C)C1CCC2(N3CC3)CCC3(C)C(CCC4C5(C)CCC(=O)C(C)(C)C5CCC43C)C12. The molecule has 0 radical (unpaired) electrons. The second-order valence-electron chi connectivity index (χ2n) is 15.4. The molecule has 9 unspecified atom stereocenters. The van der Waals surface area contributed by atoms with Crippen molar-refractivity contribution in [2.24, 2.45) is 51.2 Å². The number of nitrogens with zero attached hydrogens (tertiary/aromatic N) is 1. The molecule has 0 aromatic carbocycles. The Hall–Kier alpha value is -0.890. The van der Waals surface area contributed by atoms with Crippen LogP contribution in [0.4, 0.5) is 0 Å². The van der Waals surface area contributed by atoms with Crippen LogP contribution in [0.1, 0.15) is 106 Å². The lowest BCUT2D eigenvalue weighted by Gasteiger charge is -2.72.